The molecule has 0 N–H and O–H groups in total. The topological polar surface area (TPSA) is 46.2 Å². The zero-order valence-electron chi connectivity index (χ0n) is 12.3. The van der Waals surface area contributed by atoms with Crippen LogP contribution < -0.4 is 0 Å². The fourth-order valence-electron chi connectivity index (χ4n) is 1.81. The van der Waals surface area contributed by atoms with E-state index in [0.29, 0.717) is 32.4 Å². The highest BCUT2D eigenvalue weighted by Crippen LogP contribution is 2.15. The normalized spacial score (nSPS) is 17.5. The summed E-state index contributed by atoms with van der Waals surface area (Å²) in [6.45, 7) is 11.2. The molecule has 0 aromatic rings. The molecule has 0 bridgehead atoms. The van der Waals surface area contributed by atoms with Crippen LogP contribution in [0.25, 0.3) is 0 Å². The second-order valence-corrected chi connectivity index (χ2v) is 9.51. The molecule has 0 radical (unpaired) electrons. The second-order valence-electron chi connectivity index (χ2n) is 5.20. The Balaban J connectivity index is 0. The van der Waals surface area contributed by atoms with Crippen molar-refractivity contribution in [2.45, 2.75) is 46.5 Å². The summed E-state index contributed by atoms with van der Waals surface area (Å²) in [4.78, 5) is 0. The van der Waals surface area contributed by atoms with Gasteiger partial charge in [-0.05, 0) is 32.1 Å². The molecule has 6 heteroatoms. The summed E-state index contributed by atoms with van der Waals surface area (Å²) >= 11 is 0. The largest absolute Gasteiger partial charge is 0.462 e. The predicted molar refractivity (Wildman–Crippen MR) is 89.0 cm³/mol. The number of ether oxygens (including phenoxy) is 4. The molecule has 0 aliphatic carbocycles. The lowest BCUT2D eigenvalue weighted by molar-refractivity contribution is 0.0414. The SMILES string of the molecule is C.C.C=C1OCC(COCCC[Si](C)(C)OCCOC)O1. The molecule has 1 aliphatic heterocycles. The minimum Gasteiger partial charge on any atom is -0.462 e. The van der Waals surface area contributed by atoms with Crippen LogP contribution in [0.4, 0.5) is 0 Å². The fraction of sp³-hybridized carbons (Fsp3) is 0.867. The third-order valence-corrected chi connectivity index (χ3v) is 5.42. The summed E-state index contributed by atoms with van der Waals surface area (Å²) in [5.41, 5.74) is 0. The van der Waals surface area contributed by atoms with Crippen molar-refractivity contribution in [2.24, 2.45) is 0 Å². The number of hydrogen-bond acceptors (Lipinski definition) is 5. The van der Waals surface area contributed by atoms with Crippen molar-refractivity contribution in [1.82, 2.24) is 0 Å². The van der Waals surface area contributed by atoms with Gasteiger partial charge in [-0.1, -0.05) is 14.9 Å². The molecule has 0 amide bonds. The lowest BCUT2D eigenvalue weighted by Gasteiger charge is -2.22. The first-order chi connectivity index (χ1) is 9.03. The Kier molecular flexibility index (Phi) is 13.0. The summed E-state index contributed by atoms with van der Waals surface area (Å²) in [6, 6.07) is 1.09. The zero-order chi connectivity index (χ0) is 14.1. The number of rotatable bonds is 10. The molecule has 5 nitrogen and oxygen atoms in total. The van der Waals surface area contributed by atoms with Gasteiger partial charge in [0.1, 0.15) is 6.61 Å². The first-order valence-corrected chi connectivity index (χ1v) is 9.84. The van der Waals surface area contributed by atoms with Crippen molar-refractivity contribution in [3.63, 3.8) is 0 Å². The van der Waals surface area contributed by atoms with E-state index in [1.54, 1.807) is 7.11 Å². The van der Waals surface area contributed by atoms with Crippen LogP contribution in [0.3, 0.4) is 0 Å². The van der Waals surface area contributed by atoms with Gasteiger partial charge in [-0.3, -0.25) is 0 Å². The van der Waals surface area contributed by atoms with Gasteiger partial charge in [0.2, 0.25) is 0 Å². The van der Waals surface area contributed by atoms with Gasteiger partial charge in [0.25, 0.3) is 5.95 Å². The molecule has 0 saturated carbocycles. The van der Waals surface area contributed by atoms with Crippen LogP contribution in [0.5, 0.6) is 0 Å². The highest BCUT2D eigenvalue weighted by molar-refractivity contribution is 6.71. The zero-order valence-corrected chi connectivity index (χ0v) is 13.3. The van der Waals surface area contributed by atoms with E-state index >= 15 is 0 Å². The number of hydrogen-bond donors (Lipinski definition) is 0. The number of methoxy groups -OCH3 is 1. The van der Waals surface area contributed by atoms with Gasteiger partial charge >= 0.3 is 0 Å². The van der Waals surface area contributed by atoms with Crippen LogP contribution in [0, 0.1) is 0 Å². The smallest absolute Gasteiger partial charge is 0.272 e. The van der Waals surface area contributed by atoms with Gasteiger partial charge in [-0.15, -0.1) is 0 Å². The molecule has 0 aromatic heterocycles. The minimum atomic E-state index is -1.56. The molecule has 1 aliphatic rings. The van der Waals surface area contributed by atoms with E-state index in [1.165, 1.54) is 0 Å². The average Bonchev–Trinajstić information content (AvgIpc) is 2.75. The van der Waals surface area contributed by atoms with Gasteiger partial charge in [-0.25, -0.2) is 0 Å². The maximum atomic E-state index is 5.87. The van der Waals surface area contributed by atoms with E-state index in [4.69, 9.17) is 23.4 Å². The monoisotopic (exact) mass is 322 g/mol. The highest BCUT2D eigenvalue weighted by atomic mass is 28.4. The fourth-order valence-corrected chi connectivity index (χ4v) is 3.59. The Morgan fingerprint density at radius 3 is 2.52 bits per heavy atom. The van der Waals surface area contributed by atoms with Crippen molar-refractivity contribution >= 4 is 8.32 Å². The molecule has 1 rings (SSSR count). The third-order valence-electron chi connectivity index (χ3n) is 2.88. The van der Waals surface area contributed by atoms with Crippen LogP contribution in [0.1, 0.15) is 21.3 Å². The van der Waals surface area contributed by atoms with Crippen LogP contribution in [-0.2, 0) is 23.4 Å². The van der Waals surface area contributed by atoms with Crippen molar-refractivity contribution in [1.29, 1.82) is 0 Å². The first-order valence-electron chi connectivity index (χ1n) is 6.72. The second kappa shape index (κ2) is 12.0. The maximum Gasteiger partial charge on any atom is 0.272 e. The van der Waals surface area contributed by atoms with E-state index in [-0.39, 0.29) is 21.0 Å². The van der Waals surface area contributed by atoms with Gasteiger partial charge in [0.05, 0.1) is 19.8 Å². The lowest BCUT2D eigenvalue weighted by atomic mass is 10.4. The maximum absolute atomic E-state index is 5.87. The highest BCUT2D eigenvalue weighted by Gasteiger charge is 2.23. The summed E-state index contributed by atoms with van der Waals surface area (Å²) in [7, 11) is 0.127. The first kappa shape index (κ1) is 22.7. The molecule has 0 spiro atoms. The van der Waals surface area contributed by atoms with Crippen LogP contribution in [0.15, 0.2) is 12.5 Å². The van der Waals surface area contributed by atoms with E-state index in [0.717, 1.165) is 19.1 Å². The molecule has 0 aromatic carbocycles. The van der Waals surface area contributed by atoms with Crippen molar-refractivity contribution in [3.05, 3.63) is 12.5 Å². The van der Waals surface area contributed by atoms with Crippen LogP contribution in [0.2, 0.25) is 19.1 Å². The van der Waals surface area contributed by atoms with Gasteiger partial charge in [0, 0.05) is 13.7 Å². The Morgan fingerprint density at radius 1 is 1.24 bits per heavy atom. The van der Waals surface area contributed by atoms with Gasteiger partial charge < -0.3 is 23.4 Å². The molecule has 1 heterocycles. The van der Waals surface area contributed by atoms with Gasteiger partial charge in [0.15, 0.2) is 14.4 Å². The lowest BCUT2D eigenvalue weighted by Crippen LogP contribution is -2.32. The van der Waals surface area contributed by atoms with E-state index in [2.05, 4.69) is 19.7 Å². The molecule has 128 valence electrons. The van der Waals surface area contributed by atoms with Crippen molar-refractivity contribution in [2.75, 3.05) is 40.1 Å². The Hall–Kier alpha value is -0.563. The summed E-state index contributed by atoms with van der Waals surface area (Å²) in [6.07, 6.45) is 1.01. The Morgan fingerprint density at radius 2 is 1.95 bits per heavy atom. The van der Waals surface area contributed by atoms with Crippen molar-refractivity contribution < 1.29 is 23.4 Å². The Bertz CT molecular complexity index is 271. The van der Waals surface area contributed by atoms with E-state index in [1.807, 2.05) is 0 Å². The van der Waals surface area contributed by atoms with Crippen LogP contribution >= 0.6 is 0 Å². The summed E-state index contributed by atoms with van der Waals surface area (Å²) in [5.74, 6) is 0.397. The average molecular weight is 323 g/mol. The molecule has 1 unspecified atom stereocenters. The summed E-state index contributed by atoms with van der Waals surface area (Å²) in [5, 5.41) is 0. The molecule has 1 fully saturated rings. The Labute approximate surface area is 131 Å². The van der Waals surface area contributed by atoms with Crippen LogP contribution in [-0.4, -0.2) is 54.6 Å². The molecule has 1 saturated heterocycles. The molecule has 1 atom stereocenters. The van der Waals surface area contributed by atoms with E-state index < -0.39 is 8.32 Å². The quantitative estimate of drug-likeness (QED) is 0.455. The van der Waals surface area contributed by atoms with Gasteiger partial charge in [-0.2, -0.15) is 0 Å². The summed E-state index contributed by atoms with van der Waals surface area (Å²) < 4.78 is 26.8. The standard InChI is InChI=1S/C13H26O5Si.2CH4/c1-12-16-11-13(18-12)10-15-6-5-9-19(3,4)17-8-7-14-2;;/h13H,1,5-11H2,2-4H3;2*1H4. The molecular formula is C15H34O5Si. The predicted octanol–water partition coefficient (Wildman–Crippen LogP) is 3.42. The van der Waals surface area contributed by atoms with Crippen molar-refractivity contribution in [3.8, 4) is 0 Å². The minimum absolute atomic E-state index is 0. The molecular weight excluding hydrogens is 288 g/mol. The molecule has 21 heavy (non-hydrogen) atoms. The van der Waals surface area contributed by atoms with E-state index in [9.17, 15) is 0 Å². The third kappa shape index (κ3) is 10.8.